The van der Waals surface area contributed by atoms with Gasteiger partial charge in [0, 0.05) is 22.3 Å². The number of carbonyl (C=O) groups excluding carboxylic acids is 2. The Kier molecular flexibility index (Phi) is 38.9. The fourth-order valence-electron chi connectivity index (χ4n) is 1.75. The van der Waals surface area contributed by atoms with Crippen molar-refractivity contribution in [3.63, 3.8) is 0 Å². The van der Waals surface area contributed by atoms with Gasteiger partial charge in [0.15, 0.2) is 0 Å². The summed E-state index contributed by atoms with van der Waals surface area (Å²) in [5, 5.41) is 19.8. The van der Waals surface area contributed by atoms with E-state index in [9.17, 15) is 19.8 Å². The maximum Gasteiger partial charge on any atom is 2.00 e. The summed E-state index contributed by atoms with van der Waals surface area (Å²) in [6.07, 6.45) is 11.2. The molecule has 0 aliphatic heterocycles. The second-order valence-electron chi connectivity index (χ2n) is 5.48. The van der Waals surface area contributed by atoms with Crippen LogP contribution in [0.3, 0.4) is 0 Å². The average Bonchev–Trinajstić information content (AvgIpc) is 2.45. The summed E-state index contributed by atoms with van der Waals surface area (Å²) >= 11 is 0. The van der Waals surface area contributed by atoms with Crippen LogP contribution in [0, 0.1) is 0 Å². The molecule has 0 spiro atoms. The first-order valence-electron chi connectivity index (χ1n) is 8.60. The van der Waals surface area contributed by atoms with Gasteiger partial charge in [0.2, 0.25) is 0 Å². The van der Waals surface area contributed by atoms with E-state index in [1.54, 1.807) is 0 Å². The van der Waals surface area contributed by atoms with E-state index in [-0.39, 0.29) is 45.8 Å². The van der Waals surface area contributed by atoms with Crippen LogP contribution in [0.1, 0.15) is 90.9 Å². The Morgan fingerprint density at radius 1 is 0.630 bits per heavy atom. The molecule has 0 atom stereocenters. The molecule has 0 radical (unpaired) electrons. The van der Waals surface area contributed by atoms with E-state index in [0.29, 0.717) is 0 Å². The van der Waals surface area contributed by atoms with Crippen molar-refractivity contribution >= 4 is 22.3 Å². The second kappa shape index (κ2) is 28.0. The SMILES string of the molecule is CCCCCCCC(=O)[O-].CCCCCCCC(=O)[O-].O=S(=O)([O-])[O-].[Ni+2].[Ni+2]. The van der Waals surface area contributed by atoms with Gasteiger partial charge in [0.25, 0.3) is 0 Å². The molecule has 0 saturated carbocycles. The third kappa shape index (κ3) is 76.7. The number of carbonyl (C=O) groups is 2. The molecule has 0 heterocycles. The summed E-state index contributed by atoms with van der Waals surface area (Å²) in [6.45, 7) is 4.28. The number of carboxylic acids is 2. The van der Waals surface area contributed by atoms with Gasteiger partial charge in [0.05, 0.1) is 0 Å². The van der Waals surface area contributed by atoms with E-state index >= 15 is 0 Å². The Hall–Kier alpha value is -0.203. The molecule has 0 N–H and O–H groups in total. The minimum atomic E-state index is -5.17. The van der Waals surface area contributed by atoms with Crippen molar-refractivity contribution < 1.29 is 70.3 Å². The molecule has 0 bridgehead atoms. The minimum absolute atomic E-state index is 0. The minimum Gasteiger partial charge on any atom is -0.759 e. The normalized spacial score (nSPS) is 9.33. The average molecular weight is 500 g/mol. The van der Waals surface area contributed by atoms with E-state index in [0.717, 1.165) is 38.5 Å². The van der Waals surface area contributed by atoms with Crippen molar-refractivity contribution in [1.29, 1.82) is 0 Å². The van der Waals surface area contributed by atoms with E-state index in [1.165, 1.54) is 25.7 Å². The Morgan fingerprint density at radius 2 is 0.852 bits per heavy atom. The van der Waals surface area contributed by atoms with Gasteiger partial charge in [-0.15, -0.1) is 0 Å². The molecule has 0 fully saturated rings. The summed E-state index contributed by atoms with van der Waals surface area (Å²) in [4.78, 5) is 19.8. The standard InChI is InChI=1S/2C8H16O2.2Ni.H2O4S/c2*1-2-3-4-5-6-7-8(9)10;;;1-5(2,3)4/h2*2-7H2,1H3,(H,9,10);;;(H2,1,2,3,4)/q;;2*+2;/p-4. The van der Waals surface area contributed by atoms with Gasteiger partial charge in [-0.25, -0.2) is 0 Å². The maximum atomic E-state index is 9.92. The fraction of sp³-hybridized carbons (Fsp3) is 0.875. The van der Waals surface area contributed by atoms with E-state index in [2.05, 4.69) is 13.8 Å². The summed E-state index contributed by atoms with van der Waals surface area (Å²) < 4.78 is 34.1. The Balaban J connectivity index is -0.0000000910. The molecular formula is C16H30Ni2O8S. The van der Waals surface area contributed by atoms with Crippen LogP contribution in [0.4, 0.5) is 0 Å². The number of aliphatic carboxylic acids is 2. The zero-order chi connectivity index (χ0) is 20.1. The molecule has 0 aliphatic carbocycles. The first-order valence-corrected chi connectivity index (χ1v) is 9.94. The van der Waals surface area contributed by atoms with Crippen LogP contribution in [0.25, 0.3) is 0 Å². The zero-order valence-electron chi connectivity index (χ0n) is 15.8. The number of rotatable bonds is 12. The van der Waals surface area contributed by atoms with Gasteiger partial charge in [-0.2, -0.15) is 0 Å². The van der Waals surface area contributed by atoms with E-state index in [1.807, 2.05) is 0 Å². The molecule has 0 aliphatic rings. The first-order chi connectivity index (χ1) is 11.5. The summed E-state index contributed by atoms with van der Waals surface area (Å²) in [5.74, 6) is -1.84. The molecule has 0 saturated heterocycles. The molecule has 0 rings (SSSR count). The van der Waals surface area contributed by atoms with Crippen LogP contribution in [0.2, 0.25) is 0 Å². The number of carboxylic acid groups (broad SMARTS) is 2. The summed E-state index contributed by atoms with van der Waals surface area (Å²) in [5.41, 5.74) is 0. The molecule has 8 nitrogen and oxygen atoms in total. The predicted octanol–water partition coefficient (Wildman–Crippen LogP) is 0.851. The van der Waals surface area contributed by atoms with Gasteiger partial charge in [-0.3, -0.25) is 8.42 Å². The topological polar surface area (TPSA) is 161 Å². The Morgan fingerprint density at radius 3 is 1.04 bits per heavy atom. The summed E-state index contributed by atoms with van der Waals surface area (Å²) in [6, 6.07) is 0. The van der Waals surface area contributed by atoms with Crippen LogP contribution in [-0.4, -0.2) is 29.5 Å². The second-order valence-corrected chi connectivity index (χ2v) is 6.30. The van der Waals surface area contributed by atoms with E-state index < -0.39 is 22.3 Å². The van der Waals surface area contributed by atoms with Crippen molar-refractivity contribution in [2.75, 3.05) is 0 Å². The predicted molar refractivity (Wildman–Crippen MR) is 87.2 cm³/mol. The fourth-order valence-corrected chi connectivity index (χ4v) is 1.75. The van der Waals surface area contributed by atoms with Gasteiger partial charge < -0.3 is 28.9 Å². The van der Waals surface area contributed by atoms with Crippen LogP contribution in [0.5, 0.6) is 0 Å². The van der Waals surface area contributed by atoms with Gasteiger partial charge >= 0.3 is 33.0 Å². The van der Waals surface area contributed by atoms with Crippen LogP contribution in [0.15, 0.2) is 0 Å². The first kappa shape index (κ1) is 37.5. The van der Waals surface area contributed by atoms with Crippen molar-refractivity contribution in [2.24, 2.45) is 0 Å². The van der Waals surface area contributed by atoms with Crippen molar-refractivity contribution in [3.8, 4) is 0 Å². The zero-order valence-corrected chi connectivity index (χ0v) is 18.6. The van der Waals surface area contributed by atoms with Crippen molar-refractivity contribution in [2.45, 2.75) is 90.9 Å². The summed E-state index contributed by atoms with van der Waals surface area (Å²) in [7, 11) is -5.17. The third-order valence-corrected chi connectivity index (χ3v) is 2.97. The smallest absolute Gasteiger partial charge is 0.759 e. The molecule has 168 valence electrons. The molecule has 0 amide bonds. The molecule has 27 heavy (non-hydrogen) atoms. The van der Waals surface area contributed by atoms with E-state index in [4.69, 9.17) is 17.5 Å². The maximum absolute atomic E-state index is 9.92. The van der Waals surface area contributed by atoms with Crippen molar-refractivity contribution in [1.82, 2.24) is 0 Å². The molecule has 0 aromatic heterocycles. The van der Waals surface area contributed by atoms with Crippen LogP contribution in [-0.2, 0) is 53.0 Å². The van der Waals surface area contributed by atoms with Crippen LogP contribution >= 0.6 is 0 Å². The molecular weight excluding hydrogens is 470 g/mol. The molecule has 11 heteroatoms. The van der Waals surface area contributed by atoms with Gasteiger partial charge in [-0.05, 0) is 25.7 Å². The quantitative estimate of drug-likeness (QED) is 0.165. The Labute approximate surface area is 183 Å². The number of unbranched alkanes of at least 4 members (excludes halogenated alkanes) is 8. The largest absolute Gasteiger partial charge is 2.00 e. The van der Waals surface area contributed by atoms with Crippen molar-refractivity contribution in [3.05, 3.63) is 0 Å². The van der Waals surface area contributed by atoms with Crippen LogP contribution < -0.4 is 10.2 Å². The number of hydrogen-bond donors (Lipinski definition) is 0. The third-order valence-electron chi connectivity index (χ3n) is 2.97. The molecule has 0 aromatic rings. The molecule has 0 aromatic carbocycles. The Bertz CT molecular complexity index is 385. The molecule has 0 unspecified atom stereocenters. The monoisotopic (exact) mass is 498 g/mol. The van der Waals surface area contributed by atoms with Gasteiger partial charge in [0.1, 0.15) is 0 Å². The van der Waals surface area contributed by atoms with Gasteiger partial charge in [-0.1, -0.05) is 65.2 Å². The number of hydrogen-bond acceptors (Lipinski definition) is 8.